The fourth-order valence-corrected chi connectivity index (χ4v) is 4.57. The van der Waals surface area contributed by atoms with Gasteiger partial charge in [-0.2, -0.15) is 0 Å². The number of rotatable bonds is 7. The Morgan fingerprint density at radius 1 is 1.13 bits per heavy atom. The Hall–Kier alpha value is -2.87. The lowest BCUT2D eigenvalue weighted by molar-refractivity contribution is -0.117. The van der Waals surface area contributed by atoms with Crippen LogP contribution >= 0.6 is 0 Å². The van der Waals surface area contributed by atoms with Crippen LogP contribution in [0.25, 0.3) is 0 Å². The van der Waals surface area contributed by atoms with Crippen molar-refractivity contribution in [3.05, 3.63) is 58.7 Å². The molecule has 0 bridgehead atoms. The second kappa shape index (κ2) is 9.30. The van der Waals surface area contributed by atoms with E-state index in [1.54, 1.807) is 38.1 Å². The summed E-state index contributed by atoms with van der Waals surface area (Å²) in [5, 5.41) is 2.78. The van der Waals surface area contributed by atoms with E-state index in [0.717, 1.165) is 17.4 Å². The third-order valence-corrected chi connectivity index (χ3v) is 6.09. The summed E-state index contributed by atoms with van der Waals surface area (Å²) in [6, 6.07) is 9.42. The second-order valence-corrected chi connectivity index (χ2v) is 9.09. The molecule has 2 aromatic carbocycles. The molecule has 0 fully saturated rings. The van der Waals surface area contributed by atoms with E-state index in [2.05, 4.69) is 5.32 Å². The van der Waals surface area contributed by atoms with Crippen molar-refractivity contribution >= 4 is 33.3 Å². The Morgan fingerprint density at radius 2 is 1.80 bits per heavy atom. The number of sulfonamides is 1. The van der Waals surface area contributed by atoms with Crippen molar-refractivity contribution < 1.29 is 22.7 Å². The number of nitrogens with one attached hydrogen (secondary N) is 1. The Labute approximate surface area is 178 Å². The first kappa shape index (κ1) is 23.4. The smallest absolute Gasteiger partial charge is 0.338 e. The number of hydrogen-bond acceptors (Lipinski definition) is 5. The van der Waals surface area contributed by atoms with Gasteiger partial charge in [0, 0.05) is 5.69 Å². The summed E-state index contributed by atoms with van der Waals surface area (Å²) < 4.78 is 31.3. The van der Waals surface area contributed by atoms with Gasteiger partial charge in [0.05, 0.1) is 24.6 Å². The molecule has 1 atom stereocenters. The SMILES string of the molecule is CC[C@@H](C(=O)Nc1cccc(C(=O)OC)c1C)N(c1cc(C)ccc1C)S(C)(=O)=O. The molecule has 1 amide bonds. The number of aryl methyl sites for hydroxylation is 2. The van der Waals surface area contributed by atoms with E-state index < -0.39 is 27.9 Å². The second-order valence-electron chi connectivity index (χ2n) is 7.23. The van der Waals surface area contributed by atoms with Gasteiger partial charge in [-0.15, -0.1) is 0 Å². The Morgan fingerprint density at radius 3 is 2.37 bits per heavy atom. The number of benzene rings is 2. The van der Waals surface area contributed by atoms with Gasteiger partial charge in [0.15, 0.2) is 0 Å². The number of esters is 1. The van der Waals surface area contributed by atoms with Gasteiger partial charge in [0.25, 0.3) is 0 Å². The average Bonchev–Trinajstić information content (AvgIpc) is 2.68. The van der Waals surface area contributed by atoms with Crippen LogP contribution in [-0.2, 0) is 19.6 Å². The van der Waals surface area contributed by atoms with Crippen molar-refractivity contribution in [1.82, 2.24) is 0 Å². The van der Waals surface area contributed by atoms with Crippen LogP contribution in [0.15, 0.2) is 36.4 Å². The lowest BCUT2D eigenvalue weighted by Gasteiger charge is -2.31. The summed E-state index contributed by atoms with van der Waals surface area (Å²) in [6.07, 6.45) is 1.36. The minimum Gasteiger partial charge on any atom is -0.465 e. The van der Waals surface area contributed by atoms with Gasteiger partial charge >= 0.3 is 5.97 Å². The van der Waals surface area contributed by atoms with E-state index in [0.29, 0.717) is 22.5 Å². The molecule has 30 heavy (non-hydrogen) atoms. The molecule has 0 aromatic heterocycles. The maximum atomic E-state index is 13.2. The normalized spacial score (nSPS) is 12.2. The zero-order valence-corrected chi connectivity index (χ0v) is 19.0. The highest BCUT2D eigenvalue weighted by Crippen LogP contribution is 2.28. The summed E-state index contributed by atoms with van der Waals surface area (Å²) in [5.41, 5.74) is 3.42. The van der Waals surface area contributed by atoms with Crippen molar-refractivity contribution in [2.75, 3.05) is 23.0 Å². The number of carbonyl (C=O) groups is 2. The first-order valence-corrected chi connectivity index (χ1v) is 11.4. The number of methoxy groups -OCH3 is 1. The number of hydrogen-bond donors (Lipinski definition) is 1. The Bertz CT molecular complexity index is 1060. The average molecular weight is 433 g/mol. The molecule has 2 aromatic rings. The molecule has 0 aliphatic carbocycles. The number of nitrogens with zero attached hydrogens (tertiary/aromatic N) is 1. The van der Waals surface area contributed by atoms with Crippen molar-refractivity contribution in [1.29, 1.82) is 0 Å². The van der Waals surface area contributed by atoms with E-state index in [9.17, 15) is 18.0 Å². The van der Waals surface area contributed by atoms with Crippen LogP contribution in [0, 0.1) is 20.8 Å². The highest BCUT2D eigenvalue weighted by atomic mass is 32.2. The van der Waals surface area contributed by atoms with Gasteiger partial charge in [0.2, 0.25) is 15.9 Å². The van der Waals surface area contributed by atoms with Gasteiger partial charge in [-0.3, -0.25) is 9.10 Å². The topological polar surface area (TPSA) is 92.8 Å². The molecule has 1 N–H and O–H groups in total. The zero-order chi connectivity index (χ0) is 22.6. The van der Waals surface area contributed by atoms with Gasteiger partial charge in [0.1, 0.15) is 6.04 Å². The molecule has 0 spiro atoms. The van der Waals surface area contributed by atoms with Crippen molar-refractivity contribution in [3.63, 3.8) is 0 Å². The van der Waals surface area contributed by atoms with Gasteiger partial charge in [-0.25, -0.2) is 13.2 Å². The molecular weight excluding hydrogens is 404 g/mol. The highest BCUT2D eigenvalue weighted by Gasteiger charge is 2.32. The molecule has 8 heteroatoms. The van der Waals surface area contributed by atoms with Gasteiger partial charge in [-0.1, -0.05) is 25.1 Å². The van der Waals surface area contributed by atoms with Crippen LogP contribution in [0.1, 0.15) is 40.4 Å². The van der Waals surface area contributed by atoms with E-state index in [-0.39, 0.29) is 6.42 Å². The predicted molar refractivity (Wildman–Crippen MR) is 118 cm³/mol. The minimum absolute atomic E-state index is 0.266. The van der Waals surface area contributed by atoms with E-state index in [1.165, 1.54) is 11.4 Å². The third kappa shape index (κ3) is 4.99. The standard InChI is InChI=1S/C22H28N2O5S/c1-7-19(24(30(6,27)28)20-13-14(2)11-12-15(20)3)21(25)23-18-10-8-9-17(16(18)4)22(26)29-5/h8-13,19H,7H2,1-6H3,(H,23,25)/t19-/m0/s1. The van der Waals surface area contributed by atoms with E-state index >= 15 is 0 Å². The largest absolute Gasteiger partial charge is 0.465 e. The molecule has 162 valence electrons. The van der Waals surface area contributed by atoms with Crippen molar-refractivity contribution in [3.8, 4) is 0 Å². The maximum Gasteiger partial charge on any atom is 0.338 e. The predicted octanol–water partition coefficient (Wildman–Crippen LogP) is 3.58. The molecule has 2 rings (SSSR count). The van der Waals surface area contributed by atoms with Crippen molar-refractivity contribution in [2.45, 2.75) is 40.2 Å². The summed E-state index contributed by atoms with van der Waals surface area (Å²) >= 11 is 0. The summed E-state index contributed by atoms with van der Waals surface area (Å²) in [7, 11) is -2.46. The molecule has 0 aliphatic rings. The van der Waals surface area contributed by atoms with Gasteiger partial charge < -0.3 is 10.1 Å². The number of amides is 1. The third-order valence-electron chi connectivity index (χ3n) is 4.93. The monoisotopic (exact) mass is 432 g/mol. The minimum atomic E-state index is -3.74. The molecule has 0 heterocycles. The van der Waals surface area contributed by atoms with Crippen LogP contribution in [0.2, 0.25) is 0 Å². The molecule has 0 saturated heterocycles. The molecule has 0 radical (unpaired) electrons. The van der Waals surface area contributed by atoms with Crippen LogP contribution in [0.5, 0.6) is 0 Å². The number of carbonyl (C=O) groups excluding carboxylic acids is 2. The summed E-state index contributed by atoms with van der Waals surface area (Å²) in [4.78, 5) is 25.1. The quantitative estimate of drug-likeness (QED) is 0.675. The van der Waals surface area contributed by atoms with Crippen LogP contribution in [0.3, 0.4) is 0 Å². The first-order chi connectivity index (χ1) is 14.0. The lowest BCUT2D eigenvalue weighted by Crippen LogP contribution is -2.47. The number of anilines is 2. The van der Waals surface area contributed by atoms with Crippen molar-refractivity contribution in [2.24, 2.45) is 0 Å². The highest BCUT2D eigenvalue weighted by molar-refractivity contribution is 7.92. The molecule has 0 unspecified atom stereocenters. The molecule has 0 saturated carbocycles. The fraction of sp³-hybridized carbons (Fsp3) is 0.364. The molecular formula is C22H28N2O5S. The fourth-order valence-electron chi connectivity index (χ4n) is 3.31. The molecule has 0 aliphatic heterocycles. The Kier molecular flexibility index (Phi) is 7.25. The van der Waals surface area contributed by atoms with Crippen LogP contribution in [-0.4, -0.2) is 39.7 Å². The number of ether oxygens (including phenoxy) is 1. The van der Waals surface area contributed by atoms with E-state index in [1.807, 2.05) is 26.0 Å². The first-order valence-electron chi connectivity index (χ1n) is 9.56. The maximum absolute atomic E-state index is 13.2. The lowest BCUT2D eigenvalue weighted by atomic mass is 10.1. The van der Waals surface area contributed by atoms with Crippen LogP contribution in [0.4, 0.5) is 11.4 Å². The zero-order valence-electron chi connectivity index (χ0n) is 18.1. The Balaban J connectivity index is 2.48. The van der Waals surface area contributed by atoms with E-state index in [4.69, 9.17) is 4.74 Å². The molecule has 7 nitrogen and oxygen atoms in total. The van der Waals surface area contributed by atoms with Crippen LogP contribution < -0.4 is 9.62 Å². The summed E-state index contributed by atoms with van der Waals surface area (Å²) in [6.45, 7) is 7.13. The van der Waals surface area contributed by atoms with Gasteiger partial charge in [-0.05, 0) is 62.1 Å². The summed E-state index contributed by atoms with van der Waals surface area (Å²) in [5.74, 6) is -0.988.